The fourth-order valence-corrected chi connectivity index (χ4v) is 3.73. The number of aliphatic hydroxyl groups excluding tert-OH is 1. The van der Waals surface area contributed by atoms with Crippen molar-refractivity contribution in [3.05, 3.63) is 0 Å². The molecule has 0 rings (SSSR count). The van der Waals surface area contributed by atoms with Gasteiger partial charge < -0.3 is 10.2 Å². The molecule has 27 heavy (non-hydrogen) atoms. The lowest BCUT2D eigenvalue weighted by molar-refractivity contribution is -0.137. The topological polar surface area (TPSA) is 57.5 Å². The first-order valence-corrected chi connectivity index (χ1v) is 12.1. The molecule has 0 aromatic rings. The molecule has 0 aliphatic rings. The number of carboxylic acid groups (broad SMARTS) is 1. The van der Waals surface area contributed by atoms with Crippen LogP contribution in [0.3, 0.4) is 0 Å². The summed E-state index contributed by atoms with van der Waals surface area (Å²) in [5, 5.41) is 18.6. The van der Waals surface area contributed by atoms with Crippen LogP contribution in [0.1, 0.15) is 142 Å². The summed E-state index contributed by atoms with van der Waals surface area (Å²) in [5.74, 6) is -0.679. The molecule has 0 heterocycles. The molecule has 0 radical (unpaired) electrons. The Kier molecular flexibility index (Phi) is 21.3. The standard InChI is InChI=1S/C24H48O3/c1-2-3-4-5-6-7-8-9-11-14-17-20-23(25)21-18-15-12-10-13-16-19-22-24(26)27/h23,25H,2-22H2,1H3,(H,26,27). The minimum Gasteiger partial charge on any atom is -0.481 e. The second-order valence-corrected chi connectivity index (χ2v) is 8.39. The third-order valence-electron chi connectivity index (χ3n) is 5.57. The predicted octanol–water partition coefficient (Wildman–Crippen LogP) is 7.64. The smallest absolute Gasteiger partial charge is 0.303 e. The van der Waals surface area contributed by atoms with Gasteiger partial charge in [-0.3, -0.25) is 4.79 Å². The Bertz CT molecular complexity index is 304. The first-order chi connectivity index (χ1) is 13.2. The van der Waals surface area contributed by atoms with Gasteiger partial charge in [-0.25, -0.2) is 0 Å². The van der Waals surface area contributed by atoms with Gasteiger partial charge in [-0.05, 0) is 19.3 Å². The molecule has 0 aromatic carbocycles. The maximum absolute atomic E-state index is 10.4. The number of rotatable bonds is 22. The van der Waals surface area contributed by atoms with Crippen molar-refractivity contribution in [2.75, 3.05) is 0 Å². The van der Waals surface area contributed by atoms with E-state index in [-0.39, 0.29) is 6.10 Å². The van der Waals surface area contributed by atoms with Crippen molar-refractivity contribution in [3.8, 4) is 0 Å². The maximum Gasteiger partial charge on any atom is 0.303 e. The fraction of sp³-hybridized carbons (Fsp3) is 0.958. The molecule has 0 spiro atoms. The minimum atomic E-state index is -0.679. The number of hydrogen-bond acceptors (Lipinski definition) is 2. The molecule has 1 atom stereocenters. The zero-order chi connectivity index (χ0) is 20.0. The van der Waals surface area contributed by atoms with E-state index in [1.54, 1.807) is 0 Å². The number of unbranched alkanes of at least 4 members (excludes halogenated alkanes) is 16. The van der Waals surface area contributed by atoms with E-state index >= 15 is 0 Å². The Hall–Kier alpha value is -0.570. The number of carbonyl (C=O) groups is 1. The van der Waals surface area contributed by atoms with Gasteiger partial charge in [-0.15, -0.1) is 0 Å². The summed E-state index contributed by atoms with van der Waals surface area (Å²) in [5.41, 5.74) is 0. The van der Waals surface area contributed by atoms with Gasteiger partial charge >= 0.3 is 5.97 Å². The van der Waals surface area contributed by atoms with Crippen LogP contribution in [-0.4, -0.2) is 22.3 Å². The van der Waals surface area contributed by atoms with Crippen LogP contribution < -0.4 is 0 Å². The molecule has 0 saturated carbocycles. The molecule has 3 heteroatoms. The van der Waals surface area contributed by atoms with Gasteiger partial charge in [-0.1, -0.05) is 116 Å². The van der Waals surface area contributed by atoms with Crippen molar-refractivity contribution in [3.63, 3.8) is 0 Å². The van der Waals surface area contributed by atoms with Crippen molar-refractivity contribution >= 4 is 5.97 Å². The van der Waals surface area contributed by atoms with E-state index in [0.29, 0.717) is 6.42 Å². The summed E-state index contributed by atoms with van der Waals surface area (Å²) in [6.07, 6.45) is 24.9. The minimum absolute atomic E-state index is 0.0980. The first kappa shape index (κ1) is 26.4. The Balaban J connectivity index is 3.15. The van der Waals surface area contributed by atoms with Gasteiger partial charge in [0, 0.05) is 6.42 Å². The van der Waals surface area contributed by atoms with Crippen LogP contribution in [0.5, 0.6) is 0 Å². The largest absolute Gasteiger partial charge is 0.481 e. The summed E-state index contributed by atoms with van der Waals surface area (Å²) < 4.78 is 0. The number of hydrogen-bond donors (Lipinski definition) is 2. The third-order valence-corrected chi connectivity index (χ3v) is 5.57. The summed E-state index contributed by atoms with van der Waals surface area (Å²) in [6, 6.07) is 0. The van der Waals surface area contributed by atoms with Crippen molar-refractivity contribution < 1.29 is 15.0 Å². The fourth-order valence-electron chi connectivity index (χ4n) is 3.73. The molecule has 3 nitrogen and oxygen atoms in total. The van der Waals surface area contributed by atoms with Crippen molar-refractivity contribution in [2.45, 2.75) is 148 Å². The molecule has 2 N–H and O–H groups in total. The third kappa shape index (κ3) is 23.4. The second kappa shape index (κ2) is 21.7. The van der Waals surface area contributed by atoms with Crippen molar-refractivity contribution in [1.82, 2.24) is 0 Å². The molecule has 0 aliphatic carbocycles. The van der Waals surface area contributed by atoms with Crippen LogP contribution in [0.4, 0.5) is 0 Å². The van der Waals surface area contributed by atoms with Gasteiger partial charge in [0.1, 0.15) is 0 Å². The Morgan fingerprint density at radius 3 is 1.30 bits per heavy atom. The van der Waals surface area contributed by atoms with Crippen molar-refractivity contribution in [2.24, 2.45) is 0 Å². The van der Waals surface area contributed by atoms with E-state index in [0.717, 1.165) is 38.5 Å². The average Bonchev–Trinajstić information content (AvgIpc) is 2.64. The predicted molar refractivity (Wildman–Crippen MR) is 116 cm³/mol. The van der Waals surface area contributed by atoms with E-state index < -0.39 is 5.97 Å². The molecule has 0 bridgehead atoms. The van der Waals surface area contributed by atoms with Crippen LogP contribution in [0.2, 0.25) is 0 Å². The lowest BCUT2D eigenvalue weighted by Gasteiger charge is -2.10. The van der Waals surface area contributed by atoms with Crippen LogP contribution in [0, 0.1) is 0 Å². The summed E-state index contributed by atoms with van der Waals surface area (Å²) in [7, 11) is 0. The van der Waals surface area contributed by atoms with Gasteiger partial charge in [0.2, 0.25) is 0 Å². The lowest BCUT2D eigenvalue weighted by atomic mass is 10.0. The Morgan fingerprint density at radius 1 is 0.593 bits per heavy atom. The van der Waals surface area contributed by atoms with Crippen molar-refractivity contribution in [1.29, 1.82) is 0 Å². The summed E-state index contributed by atoms with van der Waals surface area (Å²) >= 11 is 0. The lowest BCUT2D eigenvalue weighted by Crippen LogP contribution is -2.05. The molecule has 0 saturated heterocycles. The van der Waals surface area contributed by atoms with E-state index in [1.807, 2.05) is 0 Å². The molecule has 0 aliphatic heterocycles. The average molecular weight is 385 g/mol. The molecule has 0 fully saturated rings. The highest BCUT2D eigenvalue weighted by atomic mass is 16.4. The Morgan fingerprint density at radius 2 is 0.926 bits per heavy atom. The zero-order valence-corrected chi connectivity index (χ0v) is 18.2. The van der Waals surface area contributed by atoms with E-state index in [9.17, 15) is 9.90 Å². The number of carboxylic acids is 1. The first-order valence-electron chi connectivity index (χ1n) is 12.1. The number of aliphatic hydroxyl groups is 1. The van der Waals surface area contributed by atoms with Crippen LogP contribution in [0.25, 0.3) is 0 Å². The van der Waals surface area contributed by atoms with Gasteiger partial charge in [-0.2, -0.15) is 0 Å². The molecular formula is C24H48O3. The second-order valence-electron chi connectivity index (χ2n) is 8.39. The Labute approximate surface area is 169 Å². The quantitative estimate of drug-likeness (QED) is 0.188. The molecule has 1 unspecified atom stereocenters. The van der Waals surface area contributed by atoms with E-state index in [1.165, 1.54) is 89.9 Å². The van der Waals surface area contributed by atoms with Gasteiger partial charge in [0.15, 0.2) is 0 Å². The molecule has 0 aromatic heterocycles. The van der Waals surface area contributed by atoms with Gasteiger partial charge in [0.25, 0.3) is 0 Å². The number of aliphatic carboxylic acids is 1. The van der Waals surface area contributed by atoms with Gasteiger partial charge in [0.05, 0.1) is 6.10 Å². The van der Waals surface area contributed by atoms with Crippen LogP contribution in [0.15, 0.2) is 0 Å². The normalized spacial score (nSPS) is 12.4. The van der Waals surface area contributed by atoms with E-state index in [4.69, 9.17) is 5.11 Å². The maximum atomic E-state index is 10.4. The SMILES string of the molecule is CCCCCCCCCCCCCC(O)CCCCCCCCCC(=O)O. The van der Waals surface area contributed by atoms with Crippen LogP contribution in [-0.2, 0) is 4.79 Å². The highest BCUT2D eigenvalue weighted by molar-refractivity contribution is 5.66. The molecular weight excluding hydrogens is 336 g/mol. The monoisotopic (exact) mass is 384 g/mol. The molecule has 162 valence electrons. The highest BCUT2D eigenvalue weighted by Crippen LogP contribution is 2.15. The van der Waals surface area contributed by atoms with E-state index in [2.05, 4.69) is 6.92 Å². The zero-order valence-electron chi connectivity index (χ0n) is 18.2. The molecule has 0 amide bonds. The summed E-state index contributed by atoms with van der Waals surface area (Å²) in [6.45, 7) is 2.27. The summed E-state index contributed by atoms with van der Waals surface area (Å²) in [4.78, 5) is 10.4. The highest BCUT2D eigenvalue weighted by Gasteiger charge is 2.04. The van der Waals surface area contributed by atoms with Crippen LogP contribution >= 0.6 is 0 Å².